The zero-order valence-electron chi connectivity index (χ0n) is 5.07. The number of nitrogens with two attached hydrogens (primary N) is 1. The van der Waals surface area contributed by atoms with Gasteiger partial charge in [-0.3, -0.25) is 5.84 Å². The molecule has 1 rings (SSSR count). The number of halogens is 2. The van der Waals surface area contributed by atoms with Crippen LogP contribution in [-0.4, -0.2) is 0 Å². The summed E-state index contributed by atoms with van der Waals surface area (Å²) < 4.78 is 13.4. The summed E-state index contributed by atoms with van der Waals surface area (Å²) in [7, 11) is 0. The third-order valence-electron chi connectivity index (χ3n) is 1.09. The lowest BCUT2D eigenvalue weighted by molar-refractivity contribution is 0.630. The largest absolute Gasteiger partial charge is 0.321 e. The van der Waals surface area contributed by atoms with E-state index in [0.717, 1.165) is 0 Å². The summed E-state index contributed by atoms with van der Waals surface area (Å²) in [6.45, 7) is 0. The van der Waals surface area contributed by atoms with E-state index >= 15 is 0 Å². The molecule has 2 nitrogen and oxygen atoms in total. The Morgan fingerprint density at radius 2 is 2.09 bits per heavy atom. The number of nitrogen functional groups attached to an aromatic ring is 1. The molecule has 0 saturated carbocycles. The van der Waals surface area contributed by atoms with Crippen LogP contribution in [-0.2, 0) is 0 Å². The number of benzene rings is 1. The van der Waals surface area contributed by atoms with E-state index in [1.165, 1.54) is 6.07 Å². The van der Waals surface area contributed by atoms with Crippen LogP contribution in [0.1, 0.15) is 7.43 Å². The summed E-state index contributed by atoms with van der Waals surface area (Å²) in [5.74, 6) is 4.63. The van der Waals surface area contributed by atoms with Gasteiger partial charge in [-0.15, -0.1) is 0 Å². The summed E-state index contributed by atoms with van der Waals surface area (Å²) in [4.78, 5) is 0. The van der Waals surface area contributed by atoms with Crippen molar-refractivity contribution >= 4 is 21.6 Å². The lowest BCUT2D eigenvalue weighted by atomic mass is 10.3. The first-order valence-electron chi connectivity index (χ1n) is 2.65. The standard InChI is InChI=1S/C6H6BrFN2.CH4/c7-4-1-2-6(10-9)5(8)3-4;/h1-3,10H,9H2;1H4. The first-order chi connectivity index (χ1) is 4.74. The highest BCUT2D eigenvalue weighted by Crippen LogP contribution is 2.17. The molecule has 4 heteroatoms. The van der Waals surface area contributed by atoms with E-state index < -0.39 is 0 Å². The fourth-order valence-corrected chi connectivity index (χ4v) is 0.940. The van der Waals surface area contributed by atoms with E-state index in [4.69, 9.17) is 5.84 Å². The van der Waals surface area contributed by atoms with Crippen LogP contribution < -0.4 is 11.3 Å². The average molecular weight is 221 g/mol. The molecule has 0 spiro atoms. The van der Waals surface area contributed by atoms with Crippen molar-refractivity contribution in [3.8, 4) is 0 Å². The Morgan fingerprint density at radius 1 is 1.45 bits per heavy atom. The minimum absolute atomic E-state index is 0. The second-order valence-corrected chi connectivity index (χ2v) is 2.68. The van der Waals surface area contributed by atoms with Crippen LogP contribution in [0.5, 0.6) is 0 Å². The molecule has 1 aromatic carbocycles. The normalized spacial score (nSPS) is 8.64. The number of hydrazine groups is 1. The first kappa shape index (κ1) is 10.4. The topological polar surface area (TPSA) is 38.0 Å². The van der Waals surface area contributed by atoms with Crippen molar-refractivity contribution < 1.29 is 4.39 Å². The Labute approximate surface area is 73.7 Å². The molecule has 0 bridgehead atoms. The maximum atomic E-state index is 12.7. The molecule has 0 radical (unpaired) electrons. The van der Waals surface area contributed by atoms with Gasteiger partial charge in [-0.05, 0) is 18.2 Å². The lowest BCUT2D eigenvalue weighted by Crippen LogP contribution is -2.08. The predicted molar refractivity (Wildman–Crippen MR) is 48.6 cm³/mol. The molecule has 3 N–H and O–H groups in total. The van der Waals surface area contributed by atoms with Crippen molar-refractivity contribution in [1.82, 2.24) is 0 Å². The molecule has 0 heterocycles. The van der Waals surface area contributed by atoms with Gasteiger partial charge >= 0.3 is 0 Å². The number of hydrogen-bond donors (Lipinski definition) is 2. The van der Waals surface area contributed by atoms with Gasteiger partial charge in [0.2, 0.25) is 0 Å². The van der Waals surface area contributed by atoms with E-state index in [-0.39, 0.29) is 13.2 Å². The van der Waals surface area contributed by atoms with Crippen LogP contribution in [0, 0.1) is 5.82 Å². The second-order valence-electron chi connectivity index (χ2n) is 1.77. The van der Waals surface area contributed by atoms with Crippen LogP contribution in [0.4, 0.5) is 10.1 Å². The average Bonchev–Trinajstić information content (AvgIpc) is 1.88. The van der Waals surface area contributed by atoms with Gasteiger partial charge in [0.05, 0.1) is 5.69 Å². The molecule has 0 unspecified atom stereocenters. The molecule has 0 aliphatic carbocycles. The highest BCUT2D eigenvalue weighted by Gasteiger charge is 1.98. The van der Waals surface area contributed by atoms with Crippen molar-refractivity contribution in [1.29, 1.82) is 0 Å². The van der Waals surface area contributed by atoms with Crippen LogP contribution in [0.25, 0.3) is 0 Å². The van der Waals surface area contributed by atoms with E-state index in [0.29, 0.717) is 10.2 Å². The number of anilines is 1. The van der Waals surface area contributed by atoms with Gasteiger partial charge in [-0.1, -0.05) is 23.4 Å². The number of rotatable bonds is 1. The Bertz CT molecular complexity index is 240. The minimum Gasteiger partial charge on any atom is -0.321 e. The highest BCUT2D eigenvalue weighted by molar-refractivity contribution is 9.10. The van der Waals surface area contributed by atoms with Crippen LogP contribution in [0.2, 0.25) is 0 Å². The van der Waals surface area contributed by atoms with Gasteiger partial charge in [0, 0.05) is 4.47 Å². The molecular weight excluding hydrogens is 211 g/mol. The van der Waals surface area contributed by atoms with Gasteiger partial charge < -0.3 is 5.43 Å². The van der Waals surface area contributed by atoms with E-state index in [9.17, 15) is 4.39 Å². The van der Waals surface area contributed by atoms with Crippen molar-refractivity contribution in [2.75, 3.05) is 5.43 Å². The SMILES string of the molecule is C.NNc1ccc(Br)cc1F. The quantitative estimate of drug-likeness (QED) is 0.564. The maximum absolute atomic E-state index is 12.7. The summed E-state index contributed by atoms with van der Waals surface area (Å²) in [6.07, 6.45) is 0. The zero-order chi connectivity index (χ0) is 7.56. The van der Waals surface area contributed by atoms with Gasteiger partial charge in [0.25, 0.3) is 0 Å². The van der Waals surface area contributed by atoms with Gasteiger partial charge in [-0.2, -0.15) is 0 Å². The van der Waals surface area contributed by atoms with Crippen LogP contribution >= 0.6 is 15.9 Å². The predicted octanol–water partition coefficient (Wildman–Crippen LogP) is 2.51. The molecule has 1 aromatic rings. The fourth-order valence-electron chi connectivity index (χ4n) is 0.607. The van der Waals surface area contributed by atoms with E-state index in [1.807, 2.05) is 0 Å². The molecule has 62 valence electrons. The Morgan fingerprint density at radius 3 is 2.55 bits per heavy atom. The van der Waals surface area contributed by atoms with Crippen molar-refractivity contribution in [2.45, 2.75) is 7.43 Å². The third kappa shape index (κ3) is 2.48. The molecule has 0 aliphatic heterocycles. The number of hydrogen-bond acceptors (Lipinski definition) is 2. The fraction of sp³-hybridized carbons (Fsp3) is 0.143. The molecular formula is C7H10BrFN2. The summed E-state index contributed by atoms with van der Waals surface area (Å²) in [5.41, 5.74) is 2.52. The van der Waals surface area contributed by atoms with Gasteiger partial charge in [-0.25, -0.2) is 4.39 Å². The van der Waals surface area contributed by atoms with E-state index in [1.54, 1.807) is 12.1 Å². The molecule has 11 heavy (non-hydrogen) atoms. The smallest absolute Gasteiger partial charge is 0.148 e. The van der Waals surface area contributed by atoms with Crippen molar-refractivity contribution in [3.63, 3.8) is 0 Å². The Balaban J connectivity index is 0.000001000. The Kier molecular flexibility index (Phi) is 4.07. The molecule has 0 aromatic heterocycles. The monoisotopic (exact) mass is 220 g/mol. The second kappa shape index (κ2) is 4.31. The van der Waals surface area contributed by atoms with Crippen LogP contribution in [0.3, 0.4) is 0 Å². The third-order valence-corrected chi connectivity index (χ3v) is 1.58. The summed E-state index contributed by atoms with van der Waals surface area (Å²) >= 11 is 3.12. The summed E-state index contributed by atoms with van der Waals surface area (Å²) in [5, 5.41) is 0. The maximum Gasteiger partial charge on any atom is 0.148 e. The molecule has 0 saturated heterocycles. The molecule has 0 aliphatic rings. The van der Waals surface area contributed by atoms with Crippen LogP contribution in [0.15, 0.2) is 22.7 Å². The molecule has 0 atom stereocenters. The highest BCUT2D eigenvalue weighted by atomic mass is 79.9. The summed E-state index contributed by atoms with van der Waals surface area (Å²) in [6, 6.07) is 4.60. The zero-order valence-corrected chi connectivity index (χ0v) is 6.65. The molecule has 0 fully saturated rings. The number of nitrogens with one attached hydrogen (secondary N) is 1. The van der Waals surface area contributed by atoms with Gasteiger partial charge in [0.15, 0.2) is 0 Å². The van der Waals surface area contributed by atoms with Crippen molar-refractivity contribution in [3.05, 3.63) is 28.5 Å². The van der Waals surface area contributed by atoms with Crippen molar-refractivity contribution in [2.24, 2.45) is 5.84 Å². The lowest BCUT2D eigenvalue weighted by Gasteiger charge is -2.00. The first-order valence-corrected chi connectivity index (χ1v) is 3.45. The minimum atomic E-state index is -0.364. The van der Waals surface area contributed by atoms with Gasteiger partial charge in [0.1, 0.15) is 5.82 Å². The Hall–Kier alpha value is -0.610. The molecule has 0 amide bonds. The van der Waals surface area contributed by atoms with E-state index in [2.05, 4.69) is 21.4 Å².